The summed E-state index contributed by atoms with van der Waals surface area (Å²) in [7, 11) is 0. The maximum Gasteiger partial charge on any atom is 0.225 e. The molecule has 2 heterocycles. The highest BCUT2D eigenvalue weighted by Gasteiger charge is 2.27. The summed E-state index contributed by atoms with van der Waals surface area (Å²) >= 11 is 0. The molecule has 1 aromatic carbocycles. The predicted molar refractivity (Wildman–Crippen MR) is 117 cm³/mol. The van der Waals surface area contributed by atoms with Gasteiger partial charge in [-0.1, -0.05) is 26.0 Å². The van der Waals surface area contributed by atoms with Crippen molar-refractivity contribution in [2.24, 2.45) is 10.9 Å². The molecule has 3 rings (SSSR count). The van der Waals surface area contributed by atoms with E-state index in [9.17, 15) is 4.79 Å². The number of carbonyl (C=O) groups is 1. The zero-order chi connectivity index (χ0) is 20.6. The van der Waals surface area contributed by atoms with Crippen LogP contribution < -0.4 is 15.5 Å². The molecule has 7 heteroatoms. The molecule has 0 aromatic heterocycles. The van der Waals surface area contributed by atoms with Gasteiger partial charge in [0.25, 0.3) is 0 Å². The first-order valence-electron chi connectivity index (χ1n) is 10.8. The molecule has 7 nitrogen and oxygen atoms in total. The van der Waals surface area contributed by atoms with Gasteiger partial charge >= 0.3 is 0 Å². The Labute approximate surface area is 174 Å². The van der Waals surface area contributed by atoms with Crippen molar-refractivity contribution in [3.05, 3.63) is 29.8 Å². The summed E-state index contributed by atoms with van der Waals surface area (Å²) < 4.78 is 5.42. The number of nitrogens with zero attached hydrogens (tertiary/aromatic N) is 3. The van der Waals surface area contributed by atoms with E-state index in [-0.39, 0.29) is 17.9 Å². The average molecular weight is 402 g/mol. The molecular formula is C22H35N5O2. The summed E-state index contributed by atoms with van der Waals surface area (Å²) in [6, 6.07) is 8.89. The van der Waals surface area contributed by atoms with Crippen LogP contribution in [0.15, 0.2) is 29.3 Å². The van der Waals surface area contributed by atoms with Crippen molar-refractivity contribution in [2.45, 2.75) is 39.8 Å². The maximum absolute atomic E-state index is 12.2. The number of hydrogen-bond donors (Lipinski definition) is 2. The van der Waals surface area contributed by atoms with E-state index in [0.29, 0.717) is 6.54 Å². The van der Waals surface area contributed by atoms with Gasteiger partial charge in [-0.3, -0.25) is 4.79 Å². The average Bonchev–Trinajstić information content (AvgIpc) is 3.21. The molecule has 0 spiro atoms. The predicted octanol–water partition coefficient (Wildman–Crippen LogP) is 1.84. The Hall–Kier alpha value is -2.28. The van der Waals surface area contributed by atoms with Crippen molar-refractivity contribution in [1.29, 1.82) is 0 Å². The Kier molecular flexibility index (Phi) is 7.75. The van der Waals surface area contributed by atoms with E-state index >= 15 is 0 Å². The smallest absolute Gasteiger partial charge is 0.225 e. The lowest BCUT2D eigenvalue weighted by Gasteiger charge is -2.28. The molecule has 2 saturated heterocycles. The first-order chi connectivity index (χ1) is 14.1. The number of ether oxygens (including phenoxy) is 1. The fourth-order valence-corrected chi connectivity index (χ4v) is 3.76. The number of aliphatic imine (C=N–C) groups is 1. The van der Waals surface area contributed by atoms with E-state index in [0.717, 1.165) is 58.3 Å². The second kappa shape index (κ2) is 10.5. The van der Waals surface area contributed by atoms with Crippen molar-refractivity contribution >= 4 is 17.6 Å². The van der Waals surface area contributed by atoms with Crippen LogP contribution in [0.3, 0.4) is 0 Å². The SMILES string of the molecule is CCNC(=NCc1ccc(N2CCOCC2)cc1)NC1CCN(C(=O)C(C)C)C1. The van der Waals surface area contributed by atoms with E-state index in [1.165, 1.54) is 11.3 Å². The summed E-state index contributed by atoms with van der Waals surface area (Å²) in [6.45, 7) is 12.5. The third-order valence-electron chi connectivity index (χ3n) is 5.41. The number of morpholine rings is 1. The minimum Gasteiger partial charge on any atom is -0.378 e. The van der Waals surface area contributed by atoms with Crippen LogP contribution in [0, 0.1) is 5.92 Å². The second-order valence-electron chi connectivity index (χ2n) is 8.03. The largest absolute Gasteiger partial charge is 0.378 e. The van der Waals surface area contributed by atoms with Crippen LogP contribution in [0.2, 0.25) is 0 Å². The highest BCUT2D eigenvalue weighted by atomic mass is 16.5. The van der Waals surface area contributed by atoms with Crippen LogP contribution in [0.4, 0.5) is 5.69 Å². The van der Waals surface area contributed by atoms with Gasteiger partial charge in [-0.05, 0) is 31.0 Å². The molecule has 2 aliphatic heterocycles. The van der Waals surface area contributed by atoms with Crippen molar-refractivity contribution in [3.63, 3.8) is 0 Å². The van der Waals surface area contributed by atoms with Gasteiger partial charge in [0, 0.05) is 50.4 Å². The number of guanidine groups is 1. The van der Waals surface area contributed by atoms with Crippen LogP contribution in [-0.2, 0) is 16.1 Å². The van der Waals surface area contributed by atoms with Crippen molar-refractivity contribution in [2.75, 3.05) is 50.8 Å². The highest BCUT2D eigenvalue weighted by Crippen LogP contribution is 2.17. The second-order valence-corrected chi connectivity index (χ2v) is 8.03. The lowest BCUT2D eigenvalue weighted by Crippen LogP contribution is -2.45. The van der Waals surface area contributed by atoms with Gasteiger partial charge in [-0.2, -0.15) is 0 Å². The fraction of sp³-hybridized carbons (Fsp3) is 0.636. The zero-order valence-electron chi connectivity index (χ0n) is 18.0. The first kappa shape index (κ1) is 21.4. The standard InChI is InChI=1S/C22H35N5O2/c1-4-23-22(25-19-9-10-27(16-19)21(28)17(2)3)24-15-18-5-7-20(8-6-18)26-11-13-29-14-12-26/h5-8,17,19H,4,9-16H2,1-3H3,(H2,23,24,25). The number of benzene rings is 1. The molecule has 0 saturated carbocycles. The number of amides is 1. The van der Waals surface area contributed by atoms with Gasteiger partial charge in [0.1, 0.15) is 0 Å². The van der Waals surface area contributed by atoms with E-state index < -0.39 is 0 Å². The number of likely N-dealkylation sites (tertiary alicyclic amines) is 1. The summed E-state index contributed by atoms with van der Waals surface area (Å²) in [5, 5.41) is 6.82. The summed E-state index contributed by atoms with van der Waals surface area (Å²) in [5.74, 6) is 1.10. The topological polar surface area (TPSA) is 69.2 Å². The Balaban J connectivity index is 1.54. The number of nitrogens with one attached hydrogen (secondary N) is 2. The molecule has 1 unspecified atom stereocenters. The summed E-state index contributed by atoms with van der Waals surface area (Å²) in [6.07, 6.45) is 0.955. The van der Waals surface area contributed by atoms with Gasteiger partial charge in [-0.15, -0.1) is 0 Å². The van der Waals surface area contributed by atoms with Crippen LogP contribution in [0.5, 0.6) is 0 Å². The third kappa shape index (κ3) is 6.10. The lowest BCUT2D eigenvalue weighted by molar-refractivity contribution is -0.133. The fourth-order valence-electron chi connectivity index (χ4n) is 3.76. The van der Waals surface area contributed by atoms with Crippen LogP contribution in [0.25, 0.3) is 0 Å². The number of carbonyl (C=O) groups excluding carboxylic acids is 1. The van der Waals surface area contributed by atoms with E-state index in [1.807, 2.05) is 18.7 Å². The van der Waals surface area contributed by atoms with E-state index in [4.69, 9.17) is 9.73 Å². The molecular weight excluding hydrogens is 366 g/mol. The van der Waals surface area contributed by atoms with E-state index in [1.54, 1.807) is 0 Å². The first-order valence-corrected chi connectivity index (χ1v) is 10.8. The molecule has 0 bridgehead atoms. The number of hydrogen-bond acceptors (Lipinski definition) is 4. The lowest BCUT2D eigenvalue weighted by atomic mass is 10.2. The maximum atomic E-state index is 12.2. The van der Waals surface area contributed by atoms with Crippen molar-refractivity contribution in [1.82, 2.24) is 15.5 Å². The normalized spacial score (nSPS) is 20.3. The van der Waals surface area contributed by atoms with Crippen molar-refractivity contribution < 1.29 is 9.53 Å². The van der Waals surface area contributed by atoms with E-state index in [2.05, 4.69) is 46.7 Å². The molecule has 160 valence electrons. The van der Waals surface area contributed by atoms with Gasteiger partial charge in [0.15, 0.2) is 5.96 Å². The Morgan fingerprint density at radius 2 is 1.93 bits per heavy atom. The summed E-state index contributed by atoms with van der Waals surface area (Å²) in [4.78, 5) is 21.3. The van der Waals surface area contributed by atoms with Gasteiger partial charge in [0.05, 0.1) is 19.8 Å². The van der Waals surface area contributed by atoms with Crippen LogP contribution in [0.1, 0.15) is 32.8 Å². The van der Waals surface area contributed by atoms with Crippen LogP contribution in [-0.4, -0.2) is 68.7 Å². The Bertz CT molecular complexity index is 683. The quantitative estimate of drug-likeness (QED) is 0.562. The number of anilines is 1. The molecule has 0 aliphatic carbocycles. The molecule has 1 atom stereocenters. The number of rotatable bonds is 6. The summed E-state index contributed by atoms with van der Waals surface area (Å²) in [5.41, 5.74) is 2.43. The van der Waals surface area contributed by atoms with Crippen LogP contribution >= 0.6 is 0 Å². The molecule has 29 heavy (non-hydrogen) atoms. The van der Waals surface area contributed by atoms with Crippen molar-refractivity contribution in [3.8, 4) is 0 Å². The third-order valence-corrected chi connectivity index (χ3v) is 5.41. The zero-order valence-corrected chi connectivity index (χ0v) is 18.0. The Morgan fingerprint density at radius 3 is 2.59 bits per heavy atom. The molecule has 0 radical (unpaired) electrons. The molecule has 2 aliphatic rings. The minimum absolute atomic E-state index is 0.0519. The molecule has 2 fully saturated rings. The Morgan fingerprint density at radius 1 is 1.21 bits per heavy atom. The minimum atomic E-state index is 0.0519. The van der Waals surface area contributed by atoms with Gasteiger partial charge < -0.3 is 25.2 Å². The van der Waals surface area contributed by atoms with Gasteiger partial charge in [0.2, 0.25) is 5.91 Å². The molecule has 1 amide bonds. The molecule has 2 N–H and O–H groups in total. The monoisotopic (exact) mass is 401 g/mol. The van der Waals surface area contributed by atoms with Gasteiger partial charge in [-0.25, -0.2) is 4.99 Å². The highest BCUT2D eigenvalue weighted by molar-refractivity contribution is 5.81. The molecule has 1 aromatic rings.